The van der Waals surface area contributed by atoms with Gasteiger partial charge in [0.05, 0.1) is 6.10 Å². The van der Waals surface area contributed by atoms with Gasteiger partial charge in [-0.2, -0.15) is 0 Å². The molecule has 4 nitrogen and oxygen atoms in total. The van der Waals surface area contributed by atoms with Gasteiger partial charge in [0.15, 0.2) is 0 Å². The van der Waals surface area contributed by atoms with E-state index in [1.807, 2.05) is 0 Å². The van der Waals surface area contributed by atoms with Crippen LogP contribution >= 0.6 is 12.4 Å². The summed E-state index contributed by atoms with van der Waals surface area (Å²) >= 11 is 0. The first-order chi connectivity index (χ1) is 7.36. The van der Waals surface area contributed by atoms with Crippen molar-refractivity contribution >= 4 is 18.2 Å². The zero-order chi connectivity index (χ0) is 10.5. The Hall–Kier alpha value is -0.970. The van der Waals surface area contributed by atoms with Crippen molar-refractivity contribution in [3.05, 3.63) is 30.1 Å². The van der Waals surface area contributed by atoms with E-state index in [2.05, 4.69) is 10.3 Å². The fraction of sp³-hybridized carbons (Fsp3) is 0.455. The molecular formula is C11H15ClN2O2. The Bertz CT molecular complexity index is 326. The third-order valence-corrected chi connectivity index (χ3v) is 2.42. The molecule has 1 aliphatic rings. The Morgan fingerprint density at radius 1 is 1.56 bits per heavy atom. The van der Waals surface area contributed by atoms with Gasteiger partial charge in [-0.3, -0.25) is 9.78 Å². The number of nitrogens with one attached hydrogen (secondary N) is 1. The highest BCUT2D eigenvalue weighted by atomic mass is 35.5. The first kappa shape index (κ1) is 13.1. The molecule has 1 aromatic heterocycles. The first-order valence-corrected chi connectivity index (χ1v) is 5.13. The van der Waals surface area contributed by atoms with Crippen molar-refractivity contribution in [3.63, 3.8) is 0 Å². The second kappa shape index (κ2) is 6.58. The van der Waals surface area contributed by atoms with Crippen molar-refractivity contribution in [3.8, 4) is 0 Å². The Morgan fingerprint density at radius 3 is 3.06 bits per heavy atom. The number of ether oxygens (including phenoxy) is 1. The third kappa shape index (κ3) is 3.56. The second-order valence-electron chi connectivity index (χ2n) is 3.56. The number of hydrogen-bond acceptors (Lipinski definition) is 4. The number of rotatable bonds is 4. The predicted octanol–water partition coefficient (Wildman–Crippen LogP) is 1.06. The highest BCUT2D eigenvalue weighted by Gasteiger charge is 2.16. The van der Waals surface area contributed by atoms with Crippen LogP contribution < -0.4 is 5.32 Å². The lowest BCUT2D eigenvalue weighted by atomic mass is 10.2. The Morgan fingerprint density at radius 2 is 2.44 bits per heavy atom. The molecule has 1 atom stereocenters. The zero-order valence-corrected chi connectivity index (χ0v) is 9.70. The molecule has 1 N–H and O–H groups in total. The van der Waals surface area contributed by atoms with Crippen LogP contribution in [0.2, 0.25) is 0 Å². The molecule has 1 aliphatic heterocycles. The van der Waals surface area contributed by atoms with E-state index >= 15 is 0 Å². The number of carbonyl (C=O) groups is 1. The van der Waals surface area contributed by atoms with Crippen LogP contribution in [-0.2, 0) is 4.74 Å². The third-order valence-electron chi connectivity index (χ3n) is 2.42. The summed E-state index contributed by atoms with van der Waals surface area (Å²) in [5.74, 6) is -0.0532. The highest BCUT2D eigenvalue weighted by molar-refractivity contribution is 5.95. The molecule has 0 saturated carbocycles. The van der Waals surface area contributed by atoms with Gasteiger partial charge in [-0.15, -0.1) is 12.4 Å². The number of carbonyl (C=O) groups excluding carboxylic acids is 1. The smallest absolute Gasteiger partial charge is 0.206 e. The molecule has 0 aromatic carbocycles. The van der Waals surface area contributed by atoms with Gasteiger partial charge in [-0.05, 0) is 25.1 Å². The summed E-state index contributed by atoms with van der Waals surface area (Å²) < 4.78 is 5.47. The van der Waals surface area contributed by atoms with Crippen molar-refractivity contribution in [2.75, 3.05) is 19.7 Å². The number of hydrogen-bond donors (Lipinski definition) is 1. The average Bonchev–Trinajstić information content (AvgIpc) is 2.80. The standard InChI is InChI=1S/C11H14N2O2.ClH/c14-11(10-3-1-2-5-13-10)8-15-9-4-6-12-7-9;/h1-3,5,9,12H,4,6-8H2;1H/t9-;/m1./s1. The summed E-state index contributed by atoms with van der Waals surface area (Å²) in [6.07, 6.45) is 2.78. The number of aromatic nitrogens is 1. The van der Waals surface area contributed by atoms with Crippen molar-refractivity contribution in [1.82, 2.24) is 10.3 Å². The lowest BCUT2D eigenvalue weighted by molar-refractivity contribution is 0.0526. The van der Waals surface area contributed by atoms with E-state index < -0.39 is 0 Å². The van der Waals surface area contributed by atoms with E-state index in [-0.39, 0.29) is 30.9 Å². The van der Waals surface area contributed by atoms with E-state index in [1.54, 1.807) is 24.4 Å². The molecule has 2 rings (SSSR count). The van der Waals surface area contributed by atoms with Gasteiger partial charge in [0, 0.05) is 12.7 Å². The summed E-state index contributed by atoms with van der Waals surface area (Å²) in [7, 11) is 0. The summed E-state index contributed by atoms with van der Waals surface area (Å²) in [5.41, 5.74) is 0.475. The molecule has 0 aliphatic carbocycles. The molecule has 0 radical (unpaired) electrons. The minimum Gasteiger partial charge on any atom is -0.369 e. The number of halogens is 1. The molecule has 1 aromatic rings. The van der Waals surface area contributed by atoms with Crippen molar-refractivity contribution in [2.24, 2.45) is 0 Å². The Labute approximate surface area is 101 Å². The fourth-order valence-corrected chi connectivity index (χ4v) is 1.57. The monoisotopic (exact) mass is 242 g/mol. The van der Waals surface area contributed by atoms with E-state index in [1.165, 1.54) is 0 Å². The molecule has 2 heterocycles. The molecule has 0 unspecified atom stereocenters. The van der Waals surface area contributed by atoms with Crippen molar-refractivity contribution in [2.45, 2.75) is 12.5 Å². The molecule has 1 saturated heterocycles. The quantitative estimate of drug-likeness (QED) is 0.803. The SMILES string of the molecule is Cl.O=C(CO[C@@H]1CCNC1)c1ccccn1. The van der Waals surface area contributed by atoms with Gasteiger partial charge in [-0.25, -0.2) is 0 Å². The zero-order valence-electron chi connectivity index (χ0n) is 8.89. The second-order valence-corrected chi connectivity index (χ2v) is 3.56. The Balaban J connectivity index is 0.00000128. The van der Waals surface area contributed by atoms with Gasteiger partial charge in [0.25, 0.3) is 0 Å². The van der Waals surface area contributed by atoms with Gasteiger partial charge >= 0.3 is 0 Å². The molecule has 0 bridgehead atoms. The van der Waals surface area contributed by atoms with Crippen LogP contribution in [0.15, 0.2) is 24.4 Å². The molecular weight excluding hydrogens is 228 g/mol. The van der Waals surface area contributed by atoms with Crippen LogP contribution in [0.1, 0.15) is 16.9 Å². The highest BCUT2D eigenvalue weighted by Crippen LogP contribution is 2.04. The van der Waals surface area contributed by atoms with Crippen molar-refractivity contribution in [1.29, 1.82) is 0 Å². The first-order valence-electron chi connectivity index (χ1n) is 5.13. The maximum absolute atomic E-state index is 11.6. The van der Waals surface area contributed by atoms with Gasteiger partial charge in [0.2, 0.25) is 5.78 Å². The fourth-order valence-electron chi connectivity index (χ4n) is 1.57. The van der Waals surface area contributed by atoms with Gasteiger partial charge in [0.1, 0.15) is 12.3 Å². The Kier molecular flexibility index (Phi) is 5.38. The van der Waals surface area contributed by atoms with Crippen LogP contribution in [0.5, 0.6) is 0 Å². The number of ketones is 1. The largest absolute Gasteiger partial charge is 0.369 e. The van der Waals surface area contributed by atoms with E-state index in [0.717, 1.165) is 19.5 Å². The number of Topliss-reactive ketones (excluding diaryl/α,β-unsaturated/α-hetero) is 1. The van der Waals surface area contributed by atoms with Crippen LogP contribution in [0, 0.1) is 0 Å². The van der Waals surface area contributed by atoms with E-state index in [0.29, 0.717) is 5.69 Å². The lowest BCUT2D eigenvalue weighted by Crippen LogP contribution is -2.21. The van der Waals surface area contributed by atoms with Crippen molar-refractivity contribution < 1.29 is 9.53 Å². The molecule has 0 spiro atoms. The lowest BCUT2D eigenvalue weighted by Gasteiger charge is -2.08. The summed E-state index contributed by atoms with van der Waals surface area (Å²) in [6, 6.07) is 5.30. The number of pyridine rings is 1. The summed E-state index contributed by atoms with van der Waals surface area (Å²) in [4.78, 5) is 15.6. The van der Waals surface area contributed by atoms with Gasteiger partial charge < -0.3 is 10.1 Å². The molecule has 88 valence electrons. The number of nitrogens with zero attached hydrogens (tertiary/aromatic N) is 1. The molecule has 1 fully saturated rings. The maximum Gasteiger partial charge on any atom is 0.206 e. The molecule has 16 heavy (non-hydrogen) atoms. The predicted molar refractivity (Wildman–Crippen MR) is 63.0 cm³/mol. The summed E-state index contributed by atoms with van der Waals surface area (Å²) in [5, 5.41) is 3.18. The molecule has 0 amide bonds. The topological polar surface area (TPSA) is 51.2 Å². The normalized spacial score (nSPS) is 19.1. The summed E-state index contributed by atoms with van der Waals surface area (Å²) in [6.45, 7) is 1.95. The van der Waals surface area contributed by atoms with Crippen LogP contribution in [0.3, 0.4) is 0 Å². The van der Waals surface area contributed by atoms with Crippen LogP contribution in [0.25, 0.3) is 0 Å². The van der Waals surface area contributed by atoms with Crippen LogP contribution in [0.4, 0.5) is 0 Å². The van der Waals surface area contributed by atoms with E-state index in [4.69, 9.17) is 4.74 Å². The minimum absolute atomic E-state index is 0. The van der Waals surface area contributed by atoms with E-state index in [9.17, 15) is 4.79 Å². The van der Waals surface area contributed by atoms with Crippen LogP contribution in [-0.4, -0.2) is 36.6 Å². The van der Waals surface area contributed by atoms with Gasteiger partial charge in [-0.1, -0.05) is 6.07 Å². The maximum atomic E-state index is 11.6. The average molecular weight is 243 g/mol. The molecule has 5 heteroatoms. The minimum atomic E-state index is -0.0532.